The van der Waals surface area contributed by atoms with Gasteiger partial charge >= 0.3 is 5.97 Å². The lowest BCUT2D eigenvalue weighted by Crippen LogP contribution is -2.45. The molecule has 0 aromatic carbocycles. The van der Waals surface area contributed by atoms with E-state index in [2.05, 4.69) is 4.74 Å². The number of rotatable bonds is 9. The number of ether oxygens (including phenoxy) is 2. The molecule has 0 aliphatic carbocycles. The number of sulfonamides is 1. The van der Waals surface area contributed by atoms with E-state index in [1.807, 2.05) is 4.72 Å². The van der Waals surface area contributed by atoms with Crippen LogP contribution in [-0.4, -0.2) is 58.2 Å². The molecule has 16 heavy (non-hydrogen) atoms. The van der Waals surface area contributed by atoms with Gasteiger partial charge in [-0.25, -0.2) is 8.42 Å². The minimum absolute atomic E-state index is 0.0329. The van der Waals surface area contributed by atoms with Crippen molar-refractivity contribution >= 4 is 16.0 Å². The summed E-state index contributed by atoms with van der Waals surface area (Å²) in [5, 5.41) is 8.70. The van der Waals surface area contributed by atoms with Crippen LogP contribution < -0.4 is 4.72 Å². The predicted octanol–water partition coefficient (Wildman–Crippen LogP) is -0.958. The third-order valence-electron chi connectivity index (χ3n) is 1.65. The maximum atomic E-state index is 11.4. The molecule has 0 rings (SSSR count). The number of hydrogen-bond acceptors (Lipinski definition) is 5. The van der Waals surface area contributed by atoms with E-state index in [1.165, 1.54) is 7.11 Å². The SMILES string of the molecule is CCOCCS(=O)(=O)NC(COC)C(=O)O. The monoisotopic (exact) mass is 255 g/mol. The minimum Gasteiger partial charge on any atom is -0.480 e. The zero-order valence-electron chi connectivity index (χ0n) is 9.30. The summed E-state index contributed by atoms with van der Waals surface area (Å²) in [7, 11) is -2.36. The van der Waals surface area contributed by atoms with E-state index in [1.54, 1.807) is 6.92 Å². The van der Waals surface area contributed by atoms with Crippen molar-refractivity contribution in [1.82, 2.24) is 4.72 Å². The number of carboxylic acid groups (broad SMARTS) is 1. The zero-order chi connectivity index (χ0) is 12.6. The minimum atomic E-state index is -3.66. The van der Waals surface area contributed by atoms with Crippen molar-refractivity contribution in [2.24, 2.45) is 0 Å². The first-order valence-corrected chi connectivity index (χ1v) is 6.37. The molecule has 0 aliphatic heterocycles. The molecule has 0 aromatic rings. The standard InChI is InChI=1S/C8H17NO6S/c1-3-15-4-5-16(12,13)9-7(6-14-2)8(10)11/h7,9H,3-6H2,1-2H3,(H,10,11). The fourth-order valence-electron chi connectivity index (χ4n) is 0.911. The van der Waals surface area contributed by atoms with E-state index < -0.39 is 22.0 Å². The van der Waals surface area contributed by atoms with Gasteiger partial charge < -0.3 is 14.6 Å². The van der Waals surface area contributed by atoms with Gasteiger partial charge in [0.2, 0.25) is 10.0 Å². The molecule has 96 valence electrons. The highest BCUT2D eigenvalue weighted by atomic mass is 32.2. The molecule has 0 heterocycles. The lowest BCUT2D eigenvalue weighted by molar-refractivity contribution is -0.140. The van der Waals surface area contributed by atoms with Gasteiger partial charge in [-0.05, 0) is 6.92 Å². The second-order valence-electron chi connectivity index (χ2n) is 2.98. The smallest absolute Gasteiger partial charge is 0.324 e. The number of hydrogen-bond donors (Lipinski definition) is 2. The fourth-order valence-corrected chi connectivity index (χ4v) is 1.97. The van der Waals surface area contributed by atoms with E-state index in [4.69, 9.17) is 9.84 Å². The van der Waals surface area contributed by atoms with Crippen LogP contribution >= 0.6 is 0 Å². The number of methoxy groups -OCH3 is 1. The first kappa shape index (κ1) is 15.3. The van der Waals surface area contributed by atoms with Gasteiger partial charge in [-0.15, -0.1) is 0 Å². The van der Waals surface area contributed by atoms with Gasteiger partial charge in [-0.1, -0.05) is 0 Å². The summed E-state index contributed by atoms with van der Waals surface area (Å²) < 4.78 is 34.3. The highest BCUT2D eigenvalue weighted by Crippen LogP contribution is 1.93. The van der Waals surface area contributed by atoms with Crippen LogP contribution in [0.3, 0.4) is 0 Å². The van der Waals surface area contributed by atoms with Gasteiger partial charge in [0.15, 0.2) is 0 Å². The highest BCUT2D eigenvalue weighted by Gasteiger charge is 2.23. The van der Waals surface area contributed by atoms with Crippen molar-refractivity contribution in [3.63, 3.8) is 0 Å². The molecule has 0 fully saturated rings. The van der Waals surface area contributed by atoms with E-state index >= 15 is 0 Å². The quantitative estimate of drug-likeness (QED) is 0.515. The summed E-state index contributed by atoms with van der Waals surface area (Å²) in [6.45, 7) is 1.97. The summed E-state index contributed by atoms with van der Waals surface area (Å²) in [6, 6.07) is -1.27. The largest absolute Gasteiger partial charge is 0.480 e. The molecule has 0 saturated heterocycles. The van der Waals surface area contributed by atoms with Gasteiger partial charge in [0.1, 0.15) is 6.04 Å². The van der Waals surface area contributed by atoms with Crippen LogP contribution in [-0.2, 0) is 24.3 Å². The van der Waals surface area contributed by atoms with E-state index in [9.17, 15) is 13.2 Å². The lowest BCUT2D eigenvalue weighted by Gasteiger charge is -2.13. The highest BCUT2D eigenvalue weighted by molar-refractivity contribution is 7.89. The fraction of sp³-hybridized carbons (Fsp3) is 0.875. The van der Waals surface area contributed by atoms with Crippen molar-refractivity contribution in [1.29, 1.82) is 0 Å². The van der Waals surface area contributed by atoms with Crippen molar-refractivity contribution in [3.8, 4) is 0 Å². The number of carbonyl (C=O) groups is 1. The van der Waals surface area contributed by atoms with E-state index in [-0.39, 0.29) is 19.0 Å². The molecule has 0 radical (unpaired) electrons. The number of carboxylic acids is 1. The summed E-state index contributed by atoms with van der Waals surface area (Å²) in [4.78, 5) is 10.7. The van der Waals surface area contributed by atoms with Crippen LogP contribution in [0.2, 0.25) is 0 Å². The van der Waals surface area contributed by atoms with Crippen molar-refractivity contribution in [2.45, 2.75) is 13.0 Å². The van der Waals surface area contributed by atoms with Gasteiger partial charge in [0, 0.05) is 13.7 Å². The first-order chi connectivity index (χ1) is 7.43. The molecule has 0 bridgehead atoms. The Balaban J connectivity index is 4.25. The Kier molecular flexibility index (Phi) is 7.22. The van der Waals surface area contributed by atoms with Crippen molar-refractivity contribution < 1.29 is 27.8 Å². The molecule has 0 aromatic heterocycles. The molecule has 1 unspecified atom stereocenters. The van der Waals surface area contributed by atoms with Crippen LogP contribution in [0, 0.1) is 0 Å². The maximum Gasteiger partial charge on any atom is 0.324 e. The van der Waals surface area contributed by atoms with Gasteiger partial charge in [0.05, 0.1) is 19.0 Å². The predicted molar refractivity (Wildman–Crippen MR) is 56.7 cm³/mol. The van der Waals surface area contributed by atoms with Crippen LogP contribution in [0.15, 0.2) is 0 Å². The Hall–Kier alpha value is -0.700. The molecule has 1 atom stereocenters. The van der Waals surface area contributed by atoms with E-state index in [0.717, 1.165) is 0 Å². The van der Waals surface area contributed by atoms with E-state index in [0.29, 0.717) is 6.61 Å². The number of aliphatic carboxylic acids is 1. The second kappa shape index (κ2) is 7.55. The Morgan fingerprint density at radius 3 is 2.56 bits per heavy atom. The molecule has 0 saturated carbocycles. The van der Waals surface area contributed by atoms with Gasteiger partial charge in [-0.3, -0.25) is 4.79 Å². The van der Waals surface area contributed by atoms with Crippen LogP contribution in [0.4, 0.5) is 0 Å². The molecule has 7 nitrogen and oxygen atoms in total. The Morgan fingerprint density at radius 1 is 1.50 bits per heavy atom. The average molecular weight is 255 g/mol. The van der Waals surface area contributed by atoms with Crippen molar-refractivity contribution in [2.75, 3.05) is 32.7 Å². The molecular formula is C8H17NO6S. The van der Waals surface area contributed by atoms with Gasteiger partial charge in [-0.2, -0.15) is 4.72 Å². The van der Waals surface area contributed by atoms with Crippen molar-refractivity contribution in [3.05, 3.63) is 0 Å². The molecule has 0 amide bonds. The summed E-state index contributed by atoms with van der Waals surface area (Å²) in [5.41, 5.74) is 0. The molecule has 0 spiro atoms. The van der Waals surface area contributed by atoms with Crippen LogP contribution in [0.5, 0.6) is 0 Å². The summed E-state index contributed by atoms with van der Waals surface area (Å²) in [5.74, 6) is -1.55. The Bertz CT molecular complexity index is 302. The Labute approximate surface area is 94.8 Å². The summed E-state index contributed by atoms with van der Waals surface area (Å²) in [6.07, 6.45) is 0. The van der Waals surface area contributed by atoms with Crippen LogP contribution in [0.25, 0.3) is 0 Å². The maximum absolute atomic E-state index is 11.4. The summed E-state index contributed by atoms with van der Waals surface area (Å²) >= 11 is 0. The normalized spacial score (nSPS) is 13.6. The van der Waals surface area contributed by atoms with Gasteiger partial charge in [0.25, 0.3) is 0 Å². The third kappa shape index (κ3) is 6.72. The van der Waals surface area contributed by atoms with Crippen LogP contribution in [0.1, 0.15) is 6.92 Å². The topological polar surface area (TPSA) is 102 Å². The Morgan fingerprint density at radius 2 is 2.12 bits per heavy atom. The lowest BCUT2D eigenvalue weighted by atomic mass is 10.3. The zero-order valence-corrected chi connectivity index (χ0v) is 10.1. The first-order valence-electron chi connectivity index (χ1n) is 4.72. The second-order valence-corrected chi connectivity index (χ2v) is 4.85. The molecule has 0 aliphatic rings. The third-order valence-corrected chi connectivity index (χ3v) is 3.00. The number of nitrogens with one attached hydrogen (secondary N) is 1. The molecule has 2 N–H and O–H groups in total. The average Bonchev–Trinajstić information content (AvgIpc) is 2.17. The molecule has 8 heteroatoms. The molecular weight excluding hydrogens is 238 g/mol.